The van der Waals surface area contributed by atoms with Gasteiger partial charge in [-0.3, -0.25) is 0 Å². The molecular formula is C9H13ClN+. The molecule has 1 rings (SSSR count). The average molecular weight is 171 g/mol. The maximum absolute atomic E-state index is 6.07. The second kappa shape index (κ2) is 4.35. The minimum absolute atomic E-state index is 0.112. The van der Waals surface area contributed by atoms with E-state index in [-0.39, 0.29) is 5.50 Å². The third-order valence-electron chi connectivity index (χ3n) is 1.59. The van der Waals surface area contributed by atoms with Crippen LogP contribution >= 0.6 is 11.6 Å². The lowest BCUT2D eigenvalue weighted by molar-refractivity contribution is -0.703. The molecule has 60 valence electrons. The Morgan fingerprint density at radius 2 is 1.91 bits per heavy atom. The summed E-state index contributed by atoms with van der Waals surface area (Å²) in [6, 6.07) is 5.97. The van der Waals surface area contributed by atoms with E-state index in [1.54, 1.807) is 0 Å². The SMILES string of the molecule is CCCC(Cl)[n+]1ccccc1. The molecule has 11 heavy (non-hydrogen) atoms. The minimum atomic E-state index is 0.112. The van der Waals surface area contributed by atoms with Gasteiger partial charge in [0, 0.05) is 18.6 Å². The number of nitrogens with zero attached hydrogens (tertiary/aromatic N) is 1. The highest BCUT2D eigenvalue weighted by molar-refractivity contribution is 6.17. The number of alkyl halides is 1. The molecule has 2 heteroatoms. The molecule has 0 saturated heterocycles. The van der Waals surface area contributed by atoms with Crippen molar-refractivity contribution in [3.05, 3.63) is 30.6 Å². The third kappa shape index (κ3) is 2.51. The predicted molar refractivity (Wildman–Crippen MR) is 46.4 cm³/mol. The molecule has 1 atom stereocenters. The normalized spacial score (nSPS) is 12.9. The Labute approximate surface area is 72.6 Å². The van der Waals surface area contributed by atoms with Crippen molar-refractivity contribution in [3.8, 4) is 0 Å². The summed E-state index contributed by atoms with van der Waals surface area (Å²) in [5.41, 5.74) is 0.112. The molecular weight excluding hydrogens is 158 g/mol. The van der Waals surface area contributed by atoms with Crippen LogP contribution in [0.4, 0.5) is 0 Å². The summed E-state index contributed by atoms with van der Waals surface area (Å²) in [4.78, 5) is 0. The summed E-state index contributed by atoms with van der Waals surface area (Å²) in [7, 11) is 0. The fraction of sp³-hybridized carbons (Fsp3) is 0.444. The minimum Gasteiger partial charge on any atom is -0.188 e. The molecule has 0 aliphatic rings. The van der Waals surface area contributed by atoms with Crippen LogP contribution in [0.2, 0.25) is 0 Å². The first-order chi connectivity index (χ1) is 5.34. The average Bonchev–Trinajstić information content (AvgIpc) is 2.07. The Balaban J connectivity index is 2.61. The monoisotopic (exact) mass is 170 g/mol. The van der Waals surface area contributed by atoms with Crippen LogP contribution in [0.25, 0.3) is 0 Å². The zero-order valence-electron chi connectivity index (χ0n) is 6.70. The molecule has 1 aromatic heterocycles. The van der Waals surface area contributed by atoms with Gasteiger partial charge in [-0.1, -0.05) is 13.0 Å². The highest BCUT2D eigenvalue weighted by Gasteiger charge is 2.10. The summed E-state index contributed by atoms with van der Waals surface area (Å²) in [5, 5.41) is 0. The van der Waals surface area contributed by atoms with E-state index in [0.29, 0.717) is 0 Å². The van der Waals surface area contributed by atoms with Crippen LogP contribution in [0.15, 0.2) is 30.6 Å². The quantitative estimate of drug-likeness (QED) is 0.485. The van der Waals surface area contributed by atoms with Gasteiger partial charge in [0.2, 0.25) is 5.50 Å². The first-order valence-electron chi connectivity index (χ1n) is 3.94. The number of pyridine rings is 1. The predicted octanol–water partition coefficient (Wildman–Crippen LogP) is 2.51. The van der Waals surface area contributed by atoms with Crippen molar-refractivity contribution >= 4 is 11.6 Å². The van der Waals surface area contributed by atoms with E-state index in [2.05, 4.69) is 6.92 Å². The van der Waals surface area contributed by atoms with E-state index in [9.17, 15) is 0 Å². The van der Waals surface area contributed by atoms with Gasteiger partial charge in [-0.2, -0.15) is 4.57 Å². The molecule has 1 unspecified atom stereocenters. The van der Waals surface area contributed by atoms with E-state index >= 15 is 0 Å². The summed E-state index contributed by atoms with van der Waals surface area (Å²) in [5.74, 6) is 0. The first-order valence-corrected chi connectivity index (χ1v) is 4.38. The van der Waals surface area contributed by atoms with Gasteiger partial charge in [-0.05, 0) is 18.0 Å². The van der Waals surface area contributed by atoms with Crippen molar-refractivity contribution in [3.63, 3.8) is 0 Å². The van der Waals surface area contributed by atoms with Crippen LogP contribution < -0.4 is 4.57 Å². The molecule has 0 aliphatic heterocycles. The lowest BCUT2D eigenvalue weighted by Gasteiger charge is -2.00. The Hall–Kier alpha value is -0.560. The zero-order valence-corrected chi connectivity index (χ0v) is 7.46. The number of rotatable bonds is 3. The second-order valence-corrected chi connectivity index (χ2v) is 3.05. The summed E-state index contributed by atoms with van der Waals surface area (Å²) in [6.45, 7) is 2.14. The lowest BCUT2D eigenvalue weighted by Crippen LogP contribution is -2.34. The molecule has 0 N–H and O–H groups in total. The van der Waals surface area contributed by atoms with Gasteiger partial charge in [-0.25, -0.2) is 0 Å². The fourth-order valence-electron chi connectivity index (χ4n) is 0.986. The number of hydrogen-bond acceptors (Lipinski definition) is 0. The first kappa shape index (κ1) is 8.54. The van der Waals surface area contributed by atoms with Crippen molar-refractivity contribution in [1.29, 1.82) is 0 Å². The van der Waals surface area contributed by atoms with Crippen LogP contribution in [0.5, 0.6) is 0 Å². The topological polar surface area (TPSA) is 3.88 Å². The molecule has 0 aromatic carbocycles. The van der Waals surface area contributed by atoms with E-state index in [1.165, 1.54) is 0 Å². The lowest BCUT2D eigenvalue weighted by atomic mass is 10.3. The number of aromatic nitrogens is 1. The fourth-order valence-corrected chi connectivity index (χ4v) is 1.33. The molecule has 0 amide bonds. The Morgan fingerprint density at radius 1 is 1.27 bits per heavy atom. The Bertz CT molecular complexity index is 198. The van der Waals surface area contributed by atoms with Crippen molar-refractivity contribution in [2.24, 2.45) is 0 Å². The Morgan fingerprint density at radius 3 is 2.45 bits per heavy atom. The maximum Gasteiger partial charge on any atom is 0.232 e. The van der Waals surface area contributed by atoms with Crippen LogP contribution in [0.1, 0.15) is 25.3 Å². The van der Waals surface area contributed by atoms with Gasteiger partial charge >= 0.3 is 0 Å². The highest BCUT2D eigenvalue weighted by Crippen LogP contribution is 2.09. The second-order valence-electron chi connectivity index (χ2n) is 2.55. The van der Waals surface area contributed by atoms with Gasteiger partial charge in [0.05, 0.1) is 0 Å². The molecule has 1 heterocycles. The summed E-state index contributed by atoms with van der Waals surface area (Å²) in [6.07, 6.45) is 6.13. The van der Waals surface area contributed by atoms with Gasteiger partial charge < -0.3 is 0 Å². The standard InChI is InChI=1S/C9H13ClN/c1-2-6-9(10)11-7-4-3-5-8-11/h3-5,7-9H,2,6H2,1H3/q+1. The molecule has 0 aliphatic carbocycles. The van der Waals surface area contributed by atoms with Gasteiger partial charge in [0.1, 0.15) is 0 Å². The van der Waals surface area contributed by atoms with Crippen LogP contribution in [-0.4, -0.2) is 0 Å². The van der Waals surface area contributed by atoms with Crippen molar-refractivity contribution in [1.82, 2.24) is 0 Å². The third-order valence-corrected chi connectivity index (χ3v) is 2.03. The van der Waals surface area contributed by atoms with Crippen LogP contribution in [-0.2, 0) is 0 Å². The van der Waals surface area contributed by atoms with E-state index in [4.69, 9.17) is 11.6 Å². The molecule has 0 bridgehead atoms. The number of hydrogen-bond donors (Lipinski definition) is 0. The van der Waals surface area contributed by atoms with Crippen molar-refractivity contribution in [2.45, 2.75) is 25.3 Å². The summed E-state index contributed by atoms with van der Waals surface area (Å²) >= 11 is 6.07. The molecule has 1 nitrogen and oxygen atoms in total. The molecule has 0 fully saturated rings. The Kier molecular flexibility index (Phi) is 3.37. The van der Waals surface area contributed by atoms with Gasteiger partial charge in [0.15, 0.2) is 12.4 Å². The number of halogens is 1. The van der Waals surface area contributed by atoms with Crippen LogP contribution in [0, 0.1) is 0 Å². The molecule has 1 aromatic rings. The van der Waals surface area contributed by atoms with Crippen molar-refractivity contribution in [2.75, 3.05) is 0 Å². The van der Waals surface area contributed by atoms with E-state index < -0.39 is 0 Å². The summed E-state index contributed by atoms with van der Waals surface area (Å²) < 4.78 is 2.02. The van der Waals surface area contributed by atoms with Crippen molar-refractivity contribution < 1.29 is 4.57 Å². The smallest absolute Gasteiger partial charge is 0.188 e. The zero-order chi connectivity index (χ0) is 8.10. The van der Waals surface area contributed by atoms with E-state index in [0.717, 1.165) is 12.8 Å². The largest absolute Gasteiger partial charge is 0.232 e. The molecule has 0 spiro atoms. The highest BCUT2D eigenvalue weighted by atomic mass is 35.5. The maximum atomic E-state index is 6.07. The molecule has 0 saturated carbocycles. The van der Waals surface area contributed by atoms with E-state index in [1.807, 2.05) is 35.2 Å². The van der Waals surface area contributed by atoms with Crippen LogP contribution in [0.3, 0.4) is 0 Å². The molecule has 0 radical (unpaired) electrons. The van der Waals surface area contributed by atoms with Gasteiger partial charge in [0.25, 0.3) is 0 Å². The van der Waals surface area contributed by atoms with Gasteiger partial charge in [-0.15, -0.1) is 0 Å².